The molecule has 19 heavy (non-hydrogen) atoms. The van der Waals surface area contributed by atoms with Gasteiger partial charge in [0.25, 0.3) is 0 Å². The molecule has 1 saturated heterocycles. The lowest BCUT2D eigenvalue weighted by atomic mass is 10.0. The van der Waals surface area contributed by atoms with E-state index in [0.29, 0.717) is 21.3 Å². The number of nitrogen functional groups attached to an aromatic ring is 1. The molecule has 1 fully saturated rings. The number of halogens is 1. The predicted octanol–water partition coefficient (Wildman–Crippen LogP) is 3.20. The first kappa shape index (κ1) is 15.3. The third kappa shape index (κ3) is 3.72. The largest absolute Gasteiger partial charge is 0.383 e. The molecule has 0 aliphatic carbocycles. The van der Waals surface area contributed by atoms with Crippen molar-refractivity contribution in [3.63, 3.8) is 0 Å². The zero-order chi connectivity index (χ0) is 13.8. The first-order chi connectivity index (χ1) is 9.13. The summed E-state index contributed by atoms with van der Waals surface area (Å²) in [5.74, 6) is 3.00. The highest BCUT2D eigenvalue weighted by Crippen LogP contribution is 2.40. The topological polar surface area (TPSA) is 50.9 Å². The summed E-state index contributed by atoms with van der Waals surface area (Å²) in [5.41, 5.74) is 7.08. The maximum absolute atomic E-state index is 6.08. The summed E-state index contributed by atoms with van der Waals surface area (Å²) in [4.78, 5) is 4.19. The van der Waals surface area contributed by atoms with E-state index >= 15 is 0 Å². The summed E-state index contributed by atoms with van der Waals surface area (Å²) in [7, 11) is 0. The number of aromatic nitrogens is 1. The fourth-order valence-corrected chi connectivity index (χ4v) is 5.46. The molecule has 6 heteroatoms. The van der Waals surface area contributed by atoms with Crippen molar-refractivity contribution in [2.45, 2.75) is 30.4 Å². The highest BCUT2D eigenvalue weighted by molar-refractivity contribution is 8.07. The van der Waals surface area contributed by atoms with E-state index in [4.69, 9.17) is 17.3 Å². The summed E-state index contributed by atoms with van der Waals surface area (Å²) < 4.78 is 0. The first-order valence-corrected chi connectivity index (χ1v) is 8.98. The summed E-state index contributed by atoms with van der Waals surface area (Å²) >= 11 is 10.1. The molecule has 0 bridgehead atoms. The van der Waals surface area contributed by atoms with Crippen LogP contribution in [-0.4, -0.2) is 33.5 Å². The van der Waals surface area contributed by atoms with Crippen molar-refractivity contribution in [3.05, 3.63) is 22.8 Å². The number of nitrogens with one attached hydrogen (secondary N) is 1. The van der Waals surface area contributed by atoms with Crippen LogP contribution < -0.4 is 11.1 Å². The van der Waals surface area contributed by atoms with E-state index < -0.39 is 0 Å². The average molecular weight is 318 g/mol. The van der Waals surface area contributed by atoms with Crippen LogP contribution in [0.2, 0.25) is 5.02 Å². The van der Waals surface area contributed by atoms with Gasteiger partial charge in [0.15, 0.2) is 0 Å². The number of anilines is 1. The Morgan fingerprint density at radius 2 is 2.26 bits per heavy atom. The molecule has 2 rings (SSSR count). The van der Waals surface area contributed by atoms with E-state index in [0.717, 1.165) is 12.1 Å². The maximum atomic E-state index is 6.08. The summed E-state index contributed by atoms with van der Waals surface area (Å²) in [6.45, 7) is 5.32. The Balaban J connectivity index is 2.30. The lowest BCUT2D eigenvalue weighted by Crippen LogP contribution is -2.38. The Hall–Kier alpha value is -0.100. The van der Waals surface area contributed by atoms with Crippen LogP contribution in [0.4, 0.5) is 5.82 Å². The third-order valence-corrected chi connectivity index (χ3v) is 6.64. The van der Waals surface area contributed by atoms with E-state index in [1.807, 2.05) is 29.6 Å². The van der Waals surface area contributed by atoms with Crippen molar-refractivity contribution in [2.24, 2.45) is 0 Å². The van der Waals surface area contributed by atoms with Gasteiger partial charge in [0.1, 0.15) is 5.82 Å². The first-order valence-electron chi connectivity index (χ1n) is 6.51. The van der Waals surface area contributed by atoms with Gasteiger partial charge < -0.3 is 11.1 Å². The predicted molar refractivity (Wildman–Crippen MR) is 88.2 cm³/mol. The number of hydrogen-bond acceptors (Lipinski definition) is 5. The minimum atomic E-state index is 0.212. The molecule has 3 nitrogen and oxygen atoms in total. The SMILES string of the molecule is CCNC(c1cc(Cl)cnc1N)C1SCCSC1C. The summed E-state index contributed by atoms with van der Waals surface area (Å²) in [6.07, 6.45) is 1.61. The van der Waals surface area contributed by atoms with Crippen molar-refractivity contribution in [3.8, 4) is 0 Å². The second kappa shape index (κ2) is 7.07. The van der Waals surface area contributed by atoms with Gasteiger partial charge in [-0.05, 0) is 12.6 Å². The lowest BCUT2D eigenvalue weighted by molar-refractivity contribution is 0.526. The van der Waals surface area contributed by atoms with Crippen molar-refractivity contribution in [1.29, 1.82) is 0 Å². The molecule has 3 unspecified atom stereocenters. The molecule has 1 aromatic rings. The minimum Gasteiger partial charge on any atom is -0.383 e. The molecule has 0 aromatic carbocycles. The number of rotatable bonds is 4. The maximum Gasteiger partial charge on any atom is 0.128 e. The van der Waals surface area contributed by atoms with Crippen LogP contribution in [-0.2, 0) is 0 Å². The quantitative estimate of drug-likeness (QED) is 0.893. The van der Waals surface area contributed by atoms with E-state index in [-0.39, 0.29) is 6.04 Å². The van der Waals surface area contributed by atoms with Gasteiger partial charge in [-0.3, -0.25) is 0 Å². The minimum absolute atomic E-state index is 0.212. The van der Waals surface area contributed by atoms with Gasteiger partial charge in [-0.1, -0.05) is 25.4 Å². The second-order valence-corrected chi connectivity index (χ2v) is 7.78. The Labute approximate surface area is 128 Å². The molecule has 3 N–H and O–H groups in total. The number of thioether (sulfide) groups is 2. The van der Waals surface area contributed by atoms with E-state index in [9.17, 15) is 0 Å². The Bertz CT molecular complexity index is 430. The molecule has 3 atom stereocenters. The van der Waals surface area contributed by atoms with E-state index in [1.54, 1.807) is 6.20 Å². The molecule has 1 aliphatic rings. The molecule has 0 saturated carbocycles. The molecule has 1 aromatic heterocycles. The van der Waals surface area contributed by atoms with E-state index in [2.05, 4.69) is 24.1 Å². The Morgan fingerprint density at radius 3 is 2.95 bits per heavy atom. The molecule has 0 spiro atoms. The molecule has 2 heterocycles. The Kier molecular flexibility index (Phi) is 5.69. The Morgan fingerprint density at radius 1 is 1.53 bits per heavy atom. The van der Waals surface area contributed by atoms with Gasteiger partial charge in [0.05, 0.1) is 5.02 Å². The number of nitrogens with zero attached hydrogens (tertiary/aromatic N) is 1. The second-order valence-electron chi connectivity index (χ2n) is 4.57. The molecular weight excluding hydrogens is 298 g/mol. The number of nitrogens with two attached hydrogens (primary N) is 1. The van der Waals surface area contributed by atoms with Crippen LogP contribution in [0.5, 0.6) is 0 Å². The average Bonchev–Trinajstić information content (AvgIpc) is 2.40. The standard InChI is InChI=1S/C13H20ClN3S2/c1-3-16-11(12-8(2)18-4-5-19-12)10-6-9(14)7-17-13(10)15/h6-8,11-12,16H,3-5H2,1-2H3,(H2,15,17). The van der Waals surface area contributed by atoms with E-state index in [1.165, 1.54) is 11.5 Å². The summed E-state index contributed by atoms with van der Waals surface area (Å²) in [5, 5.41) is 5.30. The van der Waals surface area contributed by atoms with Crippen LogP contribution in [0.3, 0.4) is 0 Å². The third-order valence-electron chi connectivity index (χ3n) is 3.24. The van der Waals surface area contributed by atoms with Gasteiger partial charge in [-0.2, -0.15) is 23.5 Å². The van der Waals surface area contributed by atoms with Gasteiger partial charge in [-0.15, -0.1) is 0 Å². The zero-order valence-corrected chi connectivity index (χ0v) is 13.6. The highest BCUT2D eigenvalue weighted by Gasteiger charge is 2.32. The molecule has 0 radical (unpaired) electrons. The van der Waals surface area contributed by atoms with Crippen LogP contribution in [0.25, 0.3) is 0 Å². The van der Waals surface area contributed by atoms with Crippen molar-refractivity contribution in [2.75, 3.05) is 23.8 Å². The van der Waals surface area contributed by atoms with Crippen LogP contribution in [0.1, 0.15) is 25.5 Å². The molecule has 106 valence electrons. The van der Waals surface area contributed by atoms with Gasteiger partial charge in [0.2, 0.25) is 0 Å². The normalized spacial score (nSPS) is 25.2. The van der Waals surface area contributed by atoms with Crippen LogP contribution >= 0.6 is 35.1 Å². The molecule has 1 aliphatic heterocycles. The van der Waals surface area contributed by atoms with Gasteiger partial charge in [0, 0.05) is 39.8 Å². The van der Waals surface area contributed by atoms with Crippen molar-refractivity contribution < 1.29 is 0 Å². The van der Waals surface area contributed by atoms with Crippen LogP contribution in [0, 0.1) is 0 Å². The number of pyridine rings is 1. The number of hydrogen-bond donors (Lipinski definition) is 2. The summed E-state index contributed by atoms with van der Waals surface area (Å²) in [6, 6.07) is 2.16. The smallest absolute Gasteiger partial charge is 0.128 e. The van der Waals surface area contributed by atoms with Crippen molar-refractivity contribution in [1.82, 2.24) is 10.3 Å². The van der Waals surface area contributed by atoms with Crippen LogP contribution in [0.15, 0.2) is 12.3 Å². The molecule has 0 amide bonds. The van der Waals surface area contributed by atoms with Gasteiger partial charge in [-0.25, -0.2) is 4.98 Å². The monoisotopic (exact) mass is 317 g/mol. The zero-order valence-electron chi connectivity index (χ0n) is 11.2. The highest BCUT2D eigenvalue weighted by atomic mass is 35.5. The lowest BCUT2D eigenvalue weighted by Gasteiger charge is -2.35. The molecular formula is C13H20ClN3S2. The van der Waals surface area contributed by atoms with Gasteiger partial charge >= 0.3 is 0 Å². The van der Waals surface area contributed by atoms with Crippen molar-refractivity contribution >= 4 is 40.9 Å². The fourth-order valence-electron chi connectivity index (χ4n) is 2.35. The fraction of sp³-hybridized carbons (Fsp3) is 0.615.